The first-order chi connectivity index (χ1) is 10.2. The minimum Gasteiger partial charge on any atom is -0.290 e. The quantitative estimate of drug-likeness (QED) is 0.369. The summed E-state index contributed by atoms with van der Waals surface area (Å²) < 4.78 is 0. The lowest BCUT2D eigenvalue weighted by Crippen LogP contribution is -1.85. The maximum Gasteiger partial charge on any atom is 0.178 e. The smallest absolute Gasteiger partial charge is 0.178 e. The molecule has 0 N–H and O–H groups in total. The van der Waals surface area contributed by atoms with Crippen molar-refractivity contribution in [3.63, 3.8) is 0 Å². The molecule has 2 heteroatoms. The largest absolute Gasteiger partial charge is 0.290 e. The van der Waals surface area contributed by atoms with Crippen molar-refractivity contribution in [2.45, 2.75) is 58.8 Å². The van der Waals surface area contributed by atoms with Crippen molar-refractivity contribution in [2.24, 2.45) is 0 Å². The van der Waals surface area contributed by atoms with Gasteiger partial charge in [-0.25, -0.2) is 0 Å². The molecular weight excluding hydrogens is 260 g/mol. The van der Waals surface area contributed by atoms with Gasteiger partial charge < -0.3 is 0 Å². The first-order valence-electron chi connectivity index (χ1n) is 7.91. The van der Waals surface area contributed by atoms with E-state index in [0.29, 0.717) is 6.42 Å². The van der Waals surface area contributed by atoms with Gasteiger partial charge in [-0.05, 0) is 50.5 Å². The highest BCUT2D eigenvalue weighted by Gasteiger charge is 1.90. The molecule has 0 atom stereocenters. The summed E-state index contributed by atoms with van der Waals surface area (Å²) in [6.07, 6.45) is 21.2. The van der Waals surface area contributed by atoms with Crippen LogP contribution in [0.1, 0.15) is 58.8 Å². The number of hydrogen-bond donors (Lipinski definition) is 0. The zero-order valence-electron chi connectivity index (χ0n) is 13.4. The van der Waals surface area contributed by atoms with Crippen LogP contribution in [0.3, 0.4) is 0 Å². The molecule has 21 heavy (non-hydrogen) atoms. The first kappa shape index (κ1) is 19.3. The molecule has 0 rings (SSSR count). The molecule has 2 nitrogen and oxygen atoms in total. The summed E-state index contributed by atoms with van der Waals surface area (Å²) in [6.45, 7) is 4.01. The molecule has 0 saturated carbocycles. The van der Waals surface area contributed by atoms with Gasteiger partial charge in [0.15, 0.2) is 11.6 Å². The molecule has 0 aliphatic rings. The summed E-state index contributed by atoms with van der Waals surface area (Å²) in [5.41, 5.74) is 0. The zero-order valence-corrected chi connectivity index (χ0v) is 13.4. The van der Waals surface area contributed by atoms with E-state index in [1.807, 2.05) is 6.08 Å². The van der Waals surface area contributed by atoms with Gasteiger partial charge in [-0.3, -0.25) is 9.59 Å². The van der Waals surface area contributed by atoms with Crippen LogP contribution in [-0.2, 0) is 9.59 Å². The molecule has 0 aromatic heterocycles. The summed E-state index contributed by atoms with van der Waals surface area (Å²) in [7, 11) is 0. The number of carbonyl (C=O) groups is 2. The van der Waals surface area contributed by atoms with Gasteiger partial charge in [0, 0.05) is 0 Å². The Morgan fingerprint density at radius 1 is 0.762 bits per heavy atom. The molecule has 0 saturated heterocycles. The Bertz CT molecular complexity index is 398. The average Bonchev–Trinajstić information content (AvgIpc) is 2.46. The maximum absolute atomic E-state index is 11.5. The third-order valence-electron chi connectivity index (χ3n) is 2.92. The fourth-order valence-electron chi connectivity index (χ4n) is 1.79. The highest BCUT2D eigenvalue weighted by atomic mass is 16.1. The van der Waals surface area contributed by atoms with Crippen LogP contribution in [-0.4, -0.2) is 11.6 Å². The normalized spacial score (nSPS) is 12.3. The third kappa shape index (κ3) is 14.5. The van der Waals surface area contributed by atoms with Crippen molar-refractivity contribution in [3.05, 3.63) is 48.6 Å². The standard InChI is InChI=1S/C19H28O2/c1-3-5-6-7-8-9-11-16-19(21)17-13-10-12-15-18(20)14-4-2/h4,11-17H,3,5-10H2,1-2H3/b14-4+,15-12+,16-11+,17-13+. The van der Waals surface area contributed by atoms with E-state index in [0.717, 1.165) is 12.8 Å². The molecule has 0 unspecified atom stereocenters. The molecule has 0 aliphatic carbocycles. The van der Waals surface area contributed by atoms with Gasteiger partial charge >= 0.3 is 0 Å². The molecule has 0 heterocycles. The topological polar surface area (TPSA) is 34.1 Å². The van der Waals surface area contributed by atoms with Crippen molar-refractivity contribution < 1.29 is 9.59 Å². The van der Waals surface area contributed by atoms with E-state index in [1.54, 1.807) is 37.3 Å². The van der Waals surface area contributed by atoms with Crippen LogP contribution < -0.4 is 0 Å². The lowest BCUT2D eigenvalue weighted by Gasteiger charge is -1.95. The monoisotopic (exact) mass is 288 g/mol. The average molecular weight is 288 g/mol. The molecule has 0 radical (unpaired) electrons. The minimum absolute atomic E-state index is 0.0109. The van der Waals surface area contributed by atoms with Gasteiger partial charge in [-0.1, -0.05) is 56.9 Å². The lowest BCUT2D eigenvalue weighted by atomic mass is 10.1. The van der Waals surface area contributed by atoms with Crippen LogP contribution in [0.2, 0.25) is 0 Å². The van der Waals surface area contributed by atoms with Crippen LogP contribution >= 0.6 is 0 Å². The Kier molecular flexibility index (Phi) is 13.5. The van der Waals surface area contributed by atoms with Crippen molar-refractivity contribution in [1.82, 2.24) is 0 Å². The predicted molar refractivity (Wildman–Crippen MR) is 90.2 cm³/mol. The molecule has 0 aromatic rings. The van der Waals surface area contributed by atoms with Crippen molar-refractivity contribution in [1.29, 1.82) is 0 Å². The highest BCUT2D eigenvalue weighted by molar-refractivity contribution is 5.99. The first-order valence-corrected chi connectivity index (χ1v) is 7.91. The number of ketones is 2. The van der Waals surface area contributed by atoms with Gasteiger partial charge in [-0.15, -0.1) is 0 Å². The summed E-state index contributed by atoms with van der Waals surface area (Å²) in [5.74, 6) is -0.0167. The Hall–Kier alpha value is -1.70. The zero-order chi connectivity index (χ0) is 15.8. The molecule has 0 aliphatic heterocycles. The van der Waals surface area contributed by atoms with E-state index in [9.17, 15) is 9.59 Å². The summed E-state index contributed by atoms with van der Waals surface area (Å²) in [4.78, 5) is 22.6. The second kappa shape index (κ2) is 14.7. The molecule has 0 spiro atoms. The van der Waals surface area contributed by atoms with E-state index in [1.165, 1.54) is 37.8 Å². The van der Waals surface area contributed by atoms with Gasteiger partial charge in [0.2, 0.25) is 0 Å². The SMILES string of the molecule is C/C=C/C(=O)/C=C/C/C=C/C(=O)/C=C/CCCCCCC. The van der Waals surface area contributed by atoms with E-state index in [4.69, 9.17) is 0 Å². The maximum atomic E-state index is 11.5. The fourth-order valence-corrected chi connectivity index (χ4v) is 1.79. The third-order valence-corrected chi connectivity index (χ3v) is 2.92. The van der Waals surface area contributed by atoms with Crippen LogP contribution in [0.25, 0.3) is 0 Å². The Balaban J connectivity index is 3.73. The van der Waals surface area contributed by atoms with Crippen molar-refractivity contribution in [2.75, 3.05) is 0 Å². The number of hydrogen-bond acceptors (Lipinski definition) is 2. The Labute approximate surface area is 129 Å². The van der Waals surface area contributed by atoms with Gasteiger partial charge in [-0.2, -0.15) is 0 Å². The Morgan fingerprint density at radius 3 is 1.95 bits per heavy atom. The molecule has 0 bridgehead atoms. The fraction of sp³-hybridized carbons (Fsp3) is 0.474. The van der Waals surface area contributed by atoms with Gasteiger partial charge in [0.25, 0.3) is 0 Å². The van der Waals surface area contributed by atoms with E-state index in [2.05, 4.69) is 6.92 Å². The molecular formula is C19H28O2. The van der Waals surface area contributed by atoms with Crippen LogP contribution in [0.5, 0.6) is 0 Å². The molecule has 0 fully saturated rings. The molecule has 0 amide bonds. The Morgan fingerprint density at radius 2 is 1.33 bits per heavy atom. The van der Waals surface area contributed by atoms with E-state index in [-0.39, 0.29) is 11.6 Å². The number of unbranched alkanes of at least 4 members (excludes halogenated alkanes) is 5. The van der Waals surface area contributed by atoms with Gasteiger partial charge in [0.1, 0.15) is 0 Å². The summed E-state index contributed by atoms with van der Waals surface area (Å²) >= 11 is 0. The van der Waals surface area contributed by atoms with E-state index >= 15 is 0 Å². The van der Waals surface area contributed by atoms with Gasteiger partial charge in [0.05, 0.1) is 0 Å². The molecule has 0 aromatic carbocycles. The van der Waals surface area contributed by atoms with E-state index < -0.39 is 0 Å². The van der Waals surface area contributed by atoms with Crippen molar-refractivity contribution >= 4 is 11.6 Å². The predicted octanol–water partition coefficient (Wildman–Crippen LogP) is 5.12. The number of rotatable bonds is 12. The van der Waals surface area contributed by atoms with Crippen LogP contribution in [0, 0.1) is 0 Å². The lowest BCUT2D eigenvalue weighted by molar-refractivity contribution is -0.111. The number of allylic oxidation sites excluding steroid dienone is 8. The summed E-state index contributed by atoms with van der Waals surface area (Å²) in [6, 6.07) is 0. The molecule has 116 valence electrons. The van der Waals surface area contributed by atoms with Crippen molar-refractivity contribution in [3.8, 4) is 0 Å². The van der Waals surface area contributed by atoms with Crippen LogP contribution in [0.15, 0.2) is 48.6 Å². The second-order valence-corrected chi connectivity index (χ2v) is 4.95. The number of carbonyl (C=O) groups excluding carboxylic acids is 2. The highest BCUT2D eigenvalue weighted by Crippen LogP contribution is 2.05. The summed E-state index contributed by atoms with van der Waals surface area (Å²) in [5, 5.41) is 0. The second-order valence-electron chi connectivity index (χ2n) is 4.95. The van der Waals surface area contributed by atoms with Crippen LogP contribution in [0.4, 0.5) is 0 Å². The minimum atomic E-state index is -0.0276.